The highest BCUT2D eigenvalue weighted by molar-refractivity contribution is 6.21. The molecular weight excluding hydrogens is 707 g/mol. The van der Waals surface area contributed by atoms with Crippen molar-refractivity contribution < 1.29 is 0 Å². The molecule has 0 fully saturated rings. The fourth-order valence-corrected chi connectivity index (χ4v) is 8.79. The summed E-state index contributed by atoms with van der Waals surface area (Å²) in [6, 6.07) is 71.1. The first-order valence-electron chi connectivity index (χ1n) is 19.6. The SMILES string of the molecule is c1ccc(-c2nc(-c3ccccc3)nc(-c3ccc(-c4ccc(-n5c6ccccc6c6cc7c8ccccc8c8cc9ccccc9n8c7cc65)cc4)cc3)n2)cc1. The fourth-order valence-electron chi connectivity index (χ4n) is 8.79. The third kappa shape index (κ3) is 5.07. The van der Waals surface area contributed by atoms with Crippen LogP contribution < -0.4 is 0 Å². The third-order valence-corrected chi connectivity index (χ3v) is 11.5. The van der Waals surface area contributed by atoms with Gasteiger partial charge < -0.3 is 8.97 Å². The van der Waals surface area contributed by atoms with Crippen LogP contribution in [-0.2, 0) is 0 Å². The second-order valence-electron chi connectivity index (χ2n) is 14.9. The Bertz CT molecular complexity index is 3470. The molecule has 0 aliphatic carbocycles. The number of para-hydroxylation sites is 2. The molecule has 0 aliphatic rings. The average Bonchev–Trinajstić information content (AvgIpc) is 3.85. The van der Waals surface area contributed by atoms with Gasteiger partial charge in [-0.3, -0.25) is 0 Å². The van der Waals surface area contributed by atoms with E-state index in [9.17, 15) is 0 Å². The van der Waals surface area contributed by atoms with Crippen molar-refractivity contribution in [3.05, 3.63) is 200 Å². The van der Waals surface area contributed by atoms with E-state index in [-0.39, 0.29) is 0 Å². The lowest BCUT2D eigenvalue weighted by Crippen LogP contribution is -2.00. The highest BCUT2D eigenvalue weighted by Gasteiger charge is 2.18. The monoisotopic (exact) mass is 739 g/mol. The van der Waals surface area contributed by atoms with Crippen molar-refractivity contribution >= 4 is 59.9 Å². The molecule has 0 N–H and O–H groups in total. The molecule has 0 spiro atoms. The van der Waals surface area contributed by atoms with Crippen LogP contribution in [0.1, 0.15) is 0 Å². The maximum absolute atomic E-state index is 4.93. The van der Waals surface area contributed by atoms with E-state index in [1.807, 2.05) is 60.7 Å². The summed E-state index contributed by atoms with van der Waals surface area (Å²) in [5.41, 5.74) is 12.2. The summed E-state index contributed by atoms with van der Waals surface area (Å²) >= 11 is 0. The third-order valence-electron chi connectivity index (χ3n) is 11.5. The van der Waals surface area contributed by atoms with E-state index in [1.165, 1.54) is 59.9 Å². The van der Waals surface area contributed by atoms with Crippen molar-refractivity contribution in [1.29, 1.82) is 0 Å². The molecule has 0 saturated heterocycles. The van der Waals surface area contributed by atoms with E-state index in [0.29, 0.717) is 17.5 Å². The second kappa shape index (κ2) is 12.8. The van der Waals surface area contributed by atoms with Gasteiger partial charge in [-0.2, -0.15) is 0 Å². The van der Waals surface area contributed by atoms with Crippen molar-refractivity contribution in [2.24, 2.45) is 0 Å². The van der Waals surface area contributed by atoms with E-state index in [0.717, 1.165) is 33.5 Å². The molecule has 4 heterocycles. The van der Waals surface area contributed by atoms with E-state index >= 15 is 0 Å². The van der Waals surface area contributed by atoms with Crippen LogP contribution in [0, 0.1) is 0 Å². The van der Waals surface area contributed by atoms with Gasteiger partial charge >= 0.3 is 0 Å². The number of hydrogen-bond donors (Lipinski definition) is 0. The van der Waals surface area contributed by atoms with Crippen LogP contribution in [0.15, 0.2) is 200 Å². The first-order valence-corrected chi connectivity index (χ1v) is 19.6. The van der Waals surface area contributed by atoms with Gasteiger partial charge in [-0.25, -0.2) is 15.0 Å². The maximum Gasteiger partial charge on any atom is 0.164 e. The number of benzene rings is 8. The predicted molar refractivity (Wildman–Crippen MR) is 239 cm³/mol. The molecule has 12 rings (SSSR count). The Balaban J connectivity index is 0.966. The van der Waals surface area contributed by atoms with Crippen LogP contribution in [0.4, 0.5) is 0 Å². The van der Waals surface area contributed by atoms with Crippen molar-refractivity contribution in [3.8, 4) is 51.0 Å². The number of pyridine rings is 1. The maximum atomic E-state index is 4.93. The van der Waals surface area contributed by atoms with Gasteiger partial charge in [-0.1, -0.05) is 158 Å². The van der Waals surface area contributed by atoms with Crippen LogP contribution >= 0.6 is 0 Å². The summed E-state index contributed by atoms with van der Waals surface area (Å²) in [6.07, 6.45) is 0. The minimum Gasteiger partial charge on any atom is -0.309 e. The van der Waals surface area contributed by atoms with E-state index in [1.54, 1.807) is 0 Å². The van der Waals surface area contributed by atoms with Gasteiger partial charge in [-0.05, 0) is 59.0 Å². The van der Waals surface area contributed by atoms with Crippen molar-refractivity contribution in [2.75, 3.05) is 0 Å². The first-order chi connectivity index (χ1) is 28.7. The smallest absolute Gasteiger partial charge is 0.164 e. The molecule has 0 bridgehead atoms. The van der Waals surface area contributed by atoms with E-state index in [4.69, 9.17) is 15.0 Å². The zero-order valence-corrected chi connectivity index (χ0v) is 31.3. The zero-order chi connectivity index (χ0) is 38.2. The summed E-state index contributed by atoms with van der Waals surface area (Å²) in [6.45, 7) is 0. The summed E-state index contributed by atoms with van der Waals surface area (Å²) < 4.78 is 4.86. The molecule has 0 amide bonds. The molecule has 0 radical (unpaired) electrons. The molecule has 0 aliphatic heterocycles. The molecule has 8 aromatic carbocycles. The lowest BCUT2D eigenvalue weighted by Gasteiger charge is -2.13. The minimum absolute atomic E-state index is 0.645. The Morgan fingerprint density at radius 2 is 0.724 bits per heavy atom. The molecule has 5 nitrogen and oxygen atoms in total. The lowest BCUT2D eigenvalue weighted by molar-refractivity contribution is 1.07. The molecular formula is C53H33N5. The van der Waals surface area contributed by atoms with E-state index in [2.05, 4.69) is 148 Å². The second-order valence-corrected chi connectivity index (χ2v) is 14.9. The highest BCUT2D eigenvalue weighted by Crippen LogP contribution is 2.40. The van der Waals surface area contributed by atoms with Crippen LogP contribution in [0.25, 0.3) is 111 Å². The number of aromatic nitrogens is 5. The molecule has 270 valence electrons. The predicted octanol–water partition coefficient (Wildman–Crippen LogP) is 13.3. The Hall–Kier alpha value is -7.89. The van der Waals surface area contributed by atoms with Crippen LogP contribution in [-0.4, -0.2) is 23.9 Å². The number of hydrogen-bond acceptors (Lipinski definition) is 3. The Morgan fingerprint density at radius 3 is 1.36 bits per heavy atom. The molecule has 5 heteroatoms. The Labute approximate surface area is 333 Å². The van der Waals surface area contributed by atoms with Gasteiger partial charge in [0, 0.05) is 49.3 Å². The molecule has 0 unspecified atom stereocenters. The fraction of sp³-hybridized carbons (Fsp3) is 0. The Kier molecular flexibility index (Phi) is 7.16. The highest BCUT2D eigenvalue weighted by atomic mass is 15.0. The number of fused-ring (bicyclic) bond motifs is 11. The summed E-state index contributed by atoms with van der Waals surface area (Å²) in [5, 5.41) is 7.51. The normalized spacial score (nSPS) is 11.8. The molecule has 12 aromatic rings. The van der Waals surface area contributed by atoms with Crippen LogP contribution in [0.3, 0.4) is 0 Å². The standard InChI is InChI=1S/C53H33N5/c1-3-13-36(14-4-1)51-54-52(37-15-5-2-6-16-37)56-53(55-51)38-25-23-34(24-26-38)35-27-29-40(30-28-35)57-47-22-12-10-20-43(47)45-32-44-41-18-8-9-19-42(41)48-31-39-17-7-11-21-46(39)58(48)50(44)33-49(45)57/h1-33H. The topological polar surface area (TPSA) is 48.0 Å². The van der Waals surface area contributed by atoms with Crippen LogP contribution in [0.5, 0.6) is 0 Å². The van der Waals surface area contributed by atoms with Crippen LogP contribution in [0.2, 0.25) is 0 Å². The Morgan fingerprint density at radius 1 is 0.276 bits per heavy atom. The average molecular weight is 740 g/mol. The van der Waals surface area contributed by atoms with Gasteiger partial charge in [0.1, 0.15) is 0 Å². The molecule has 4 aromatic heterocycles. The van der Waals surface area contributed by atoms with Crippen molar-refractivity contribution in [3.63, 3.8) is 0 Å². The lowest BCUT2D eigenvalue weighted by atomic mass is 10.0. The minimum atomic E-state index is 0.645. The quantitative estimate of drug-likeness (QED) is 0.165. The molecule has 0 atom stereocenters. The summed E-state index contributed by atoms with van der Waals surface area (Å²) in [4.78, 5) is 14.7. The largest absolute Gasteiger partial charge is 0.309 e. The first kappa shape index (κ1) is 32.4. The molecule has 58 heavy (non-hydrogen) atoms. The van der Waals surface area contributed by atoms with Gasteiger partial charge in [0.2, 0.25) is 0 Å². The van der Waals surface area contributed by atoms with Gasteiger partial charge in [0.25, 0.3) is 0 Å². The zero-order valence-electron chi connectivity index (χ0n) is 31.3. The van der Waals surface area contributed by atoms with Gasteiger partial charge in [-0.15, -0.1) is 0 Å². The van der Waals surface area contributed by atoms with Gasteiger partial charge in [0.05, 0.1) is 27.6 Å². The van der Waals surface area contributed by atoms with E-state index < -0.39 is 0 Å². The van der Waals surface area contributed by atoms with Gasteiger partial charge in [0.15, 0.2) is 17.5 Å². The summed E-state index contributed by atoms with van der Waals surface area (Å²) in [5.74, 6) is 1.95. The number of nitrogens with zero attached hydrogens (tertiary/aromatic N) is 5. The number of rotatable bonds is 5. The molecule has 0 saturated carbocycles. The summed E-state index contributed by atoms with van der Waals surface area (Å²) in [7, 11) is 0. The van der Waals surface area contributed by atoms with Crippen molar-refractivity contribution in [2.45, 2.75) is 0 Å². The van der Waals surface area contributed by atoms with Crippen molar-refractivity contribution in [1.82, 2.24) is 23.9 Å².